The Morgan fingerprint density at radius 2 is 1.76 bits per heavy atom. The Hall–Kier alpha value is -1.73. The average Bonchev–Trinajstić information content (AvgIpc) is 3.15. The maximum absolute atomic E-state index is 11.5. The molecule has 3 fully saturated rings. The maximum atomic E-state index is 11.5. The lowest BCUT2D eigenvalue weighted by atomic mass is 9.88. The standard InChI is InChI=1S/C27H38O6/c28-16-15-21-22(29)19-24(33-26-14-5-7-18-31-26)27(21)23(32-25-13-4-6-17-30-25)12-8-11-20-9-2-1-3-10-20/h1-3,9-10,12,16,21-22,24-27,29H,4-8,11,13-15,17-19H2/b23-12-/t21-,22-,24-,25?,26?,27-/m1/s1. The summed E-state index contributed by atoms with van der Waals surface area (Å²) in [5.41, 5.74) is 1.27. The largest absolute Gasteiger partial charge is 0.469 e. The van der Waals surface area contributed by atoms with Gasteiger partial charge in [-0.2, -0.15) is 0 Å². The van der Waals surface area contributed by atoms with Crippen molar-refractivity contribution in [2.75, 3.05) is 13.2 Å². The van der Waals surface area contributed by atoms with Crippen LogP contribution in [0, 0.1) is 11.8 Å². The van der Waals surface area contributed by atoms with Gasteiger partial charge in [-0.25, -0.2) is 0 Å². The number of benzene rings is 1. The van der Waals surface area contributed by atoms with Crippen molar-refractivity contribution in [3.63, 3.8) is 0 Å². The topological polar surface area (TPSA) is 74.2 Å². The number of hydrogen-bond acceptors (Lipinski definition) is 6. The molecular formula is C27H38O6. The van der Waals surface area contributed by atoms with Gasteiger partial charge in [0, 0.05) is 37.7 Å². The molecule has 33 heavy (non-hydrogen) atoms. The van der Waals surface area contributed by atoms with E-state index >= 15 is 0 Å². The lowest BCUT2D eigenvalue weighted by Crippen LogP contribution is -2.34. The van der Waals surface area contributed by atoms with E-state index in [0.29, 0.717) is 19.6 Å². The SMILES string of the molecule is O=CC[C@H]1[C@H](/C(=C/CCc2ccccc2)OC2CCCCO2)[C@H](OC2CCCCO2)C[C@H]1O. The van der Waals surface area contributed by atoms with E-state index in [2.05, 4.69) is 18.2 Å². The van der Waals surface area contributed by atoms with Gasteiger partial charge in [-0.1, -0.05) is 30.3 Å². The van der Waals surface area contributed by atoms with E-state index in [0.717, 1.165) is 63.4 Å². The van der Waals surface area contributed by atoms with Crippen molar-refractivity contribution in [3.8, 4) is 0 Å². The molecule has 0 bridgehead atoms. The van der Waals surface area contributed by atoms with Crippen molar-refractivity contribution in [1.82, 2.24) is 0 Å². The quantitative estimate of drug-likeness (QED) is 0.410. The first-order valence-corrected chi connectivity index (χ1v) is 12.7. The zero-order valence-corrected chi connectivity index (χ0v) is 19.5. The molecular weight excluding hydrogens is 420 g/mol. The summed E-state index contributed by atoms with van der Waals surface area (Å²) in [7, 11) is 0. The number of hydrogen-bond donors (Lipinski definition) is 1. The number of aryl methyl sites for hydroxylation is 1. The van der Waals surface area contributed by atoms with Crippen LogP contribution in [0.1, 0.15) is 63.4 Å². The van der Waals surface area contributed by atoms with Crippen molar-refractivity contribution in [2.45, 2.75) is 89.0 Å². The molecule has 1 aromatic rings. The molecule has 0 radical (unpaired) electrons. The van der Waals surface area contributed by atoms with Gasteiger partial charge in [-0.05, 0) is 56.6 Å². The second kappa shape index (κ2) is 12.7. The van der Waals surface area contributed by atoms with Crippen LogP contribution in [0.4, 0.5) is 0 Å². The molecule has 0 amide bonds. The minimum atomic E-state index is -0.609. The highest BCUT2D eigenvalue weighted by molar-refractivity contribution is 5.50. The van der Waals surface area contributed by atoms with Crippen LogP contribution in [-0.4, -0.2) is 49.4 Å². The summed E-state index contributed by atoms with van der Waals surface area (Å²) in [4.78, 5) is 11.5. The number of allylic oxidation sites excluding steroid dienone is 1. The van der Waals surface area contributed by atoms with E-state index in [4.69, 9.17) is 18.9 Å². The van der Waals surface area contributed by atoms with Gasteiger partial charge in [-0.3, -0.25) is 0 Å². The molecule has 2 aliphatic heterocycles. The van der Waals surface area contributed by atoms with Gasteiger partial charge >= 0.3 is 0 Å². The summed E-state index contributed by atoms with van der Waals surface area (Å²) in [5.74, 6) is 0.363. The first-order chi connectivity index (χ1) is 16.2. The summed E-state index contributed by atoms with van der Waals surface area (Å²) in [6.45, 7) is 1.40. The Morgan fingerprint density at radius 3 is 2.42 bits per heavy atom. The van der Waals surface area contributed by atoms with E-state index in [1.165, 1.54) is 5.56 Å². The fraction of sp³-hybridized carbons (Fsp3) is 0.667. The first kappa shape index (κ1) is 24.4. The molecule has 0 aromatic heterocycles. The van der Waals surface area contributed by atoms with Crippen molar-refractivity contribution in [1.29, 1.82) is 0 Å². The van der Waals surface area contributed by atoms with Crippen LogP contribution in [-0.2, 0) is 30.2 Å². The molecule has 6 nitrogen and oxygen atoms in total. The Bertz CT molecular complexity index is 738. The molecule has 0 spiro atoms. The summed E-state index contributed by atoms with van der Waals surface area (Å²) in [6.07, 6.45) is 10.0. The molecule has 182 valence electrons. The number of carbonyl (C=O) groups excluding carboxylic acids is 1. The van der Waals surface area contributed by atoms with E-state index < -0.39 is 6.10 Å². The number of carbonyl (C=O) groups is 1. The Balaban J connectivity index is 1.54. The van der Waals surface area contributed by atoms with E-state index in [1.54, 1.807) is 0 Å². The second-order valence-corrected chi connectivity index (χ2v) is 9.41. The Labute approximate surface area is 197 Å². The fourth-order valence-electron chi connectivity index (χ4n) is 5.28. The monoisotopic (exact) mass is 458 g/mol. The number of aldehydes is 1. The van der Waals surface area contributed by atoms with E-state index in [-0.39, 0.29) is 36.9 Å². The normalized spacial score (nSPS) is 33.1. The number of aliphatic hydroxyl groups is 1. The van der Waals surface area contributed by atoms with Crippen LogP contribution in [0.25, 0.3) is 0 Å². The van der Waals surface area contributed by atoms with Crippen LogP contribution in [0.3, 0.4) is 0 Å². The highest BCUT2D eigenvalue weighted by Crippen LogP contribution is 2.43. The summed E-state index contributed by atoms with van der Waals surface area (Å²) in [5, 5.41) is 10.9. The van der Waals surface area contributed by atoms with Gasteiger partial charge in [0.25, 0.3) is 0 Å². The second-order valence-electron chi connectivity index (χ2n) is 9.41. The zero-order chi connectivity index (χ0) is 22.9. The molecule has 6 heteroatoms. The van der Waals surface area contributed by atoms with E-state index in [1.807, 2.05) is 18.2 Å². The lowest BCUT2D eigenvalue weighted by molar-refractivity contribution is -0.201. The van der Waals surface area contributed by atoms with Gasteiger partial charge in [0.15, 0.2) is 12.6 Å². The van der Waals surface area contributed by atoms with E-state index in [9.17, 15) is 9.90 Å². The predicted molar refractivity (Wildman–Crippen MR) is 124 cm³/mol. The molecule has 2 heterocycles. The van der Waals surface area contributed by atoms with Crippen LogP contribution >= 0.6 is 0 Å². The molecule has 1 aromatic carbocycles. The number of ether oxygens (including phenoxy) is 4. The van der Waals surface area contributed by atoms with Gasteiger partial charge in [0.1, 0.15) is 12.0 Å². The van der Waals surface area contributed by atoms with Crippen LogP contribution in [0.2, 0.25) is 0 Å². The molecule has 1 N–H and O–H groups in total. The third-order valence-electron chi connectivity index (χ3n) is 7.02. The smallest absolute Gasteiger partial charge is 0.199 e. The molecule has 4 rings (SSSR count). The van der Waals surface area contributed by atoms with Gasteiger partial charge in [-0.15, -0.1) is 0 Å². The third kappa shape index (κ3) is 6.89. The molecule has 3 aliphatic rings. The lowest BCUT2D eigenvalue weighted by Gasteiger charge is -2.33. The number of rotatable bonds is 10. The Morgan fingerprint density at radius 1 is 1.03 bits per heavy atom. The van der Waals surface area contributed by atoms with Crippen molar-refractivity contribution in [3.05, 3.63) is 47.7 Å². The van der Waals surface area contributed by atoms with Gasteiger partial charge in [0.05, 0.1) is 18.8 Å². The van der Waals surface area contributed by atoms with Crippen LogP contribution in [0.15, 0.2) is 42.2 Å². The minimum absolute atomic E-state index is 0.197. The zero-order valence-electron chi connectivity index (χ0n) is 19.5. The summed E-state index contributed by atoms with van der Waals surface area (Å²) in [6, 6.07) is 10.4. The van der Waals surface area contributed by atoms with Crippen molar-refractivity contribution >= 4 is 6.29 Å². The fourth-order valence-corrected chi connectivity index (χ4v) is 5.28. The minimum Gasteiger partial charge on any atom is -0.469 e. The highest BCUT2D eigenvalue weighted by atomic mass is 16.7. The average molecular weight is 459 g/mol. The van der Waals surface area contributed by atoms with Gasteiger partial charge in [0.2, 0.25) is 0 Å². The predicted octanol–water partition coefficient (Wildman–Crippen LogP) is 4.54. The van der Waals surface area contributed by atoms with Crippen molar-refractivity contribution < 1.29 is 28.8 Å². The van der Waals surface area contributed by atoms with Crippen LogP contribution in [0.5, 0.6) is 0 Å². The Kier molecular flexibility index (Phi) is 9.36. The summed E-state index contributed by atoms with van der Waals surface area (Å²) < 4.78 is 24.5. The first-order valence-electron chi connectivity index (χ1n) is 12.7. The highest BCUT2D eigenvalue weighted by Gasteiger charge is 2.47. The van der Waals surface area contributed by atoms with Crippen molar-refractivity contribution in [2.24, 2.45) is 11.8 Å². The molecule has 2 unspecified atom stereocenters. The maximum Gasteiger partial charge on any atom is 0.199 e. The molecule has 2 saturated heterocycles. The third-order valence-corrected chi connectivity index (χ3v) is 7.02. The molecule has 6 atom stereocenters. The number of aliphatic hydroxyl groups excluding tert-OH is 1. The van der Waals surface area contributed by atoms with Crippen LogP contribution < -0.4 is 0 Å². The molecule has 1 aliphatic carbocycles. The summed E-state index contributed by atoms with van der Waals surface area (Å²) >= 11 is 0. The van der Waals surface area contributed by atoms with Gasteiger partial charge < -0.3 is 28.8 Å². The molecule has 1 saturated carbocycles.